The lowest BCUT2D eigenvalue weighted by Crippen LogP contribution is -2.44. The summed E-state index contributed by atoms with van der Waals surface area (Å²) in [5.74, 6) is -3.49. The van der Waals surface area contributed by atoms with Crippen molar-refractivity contribution in [3.8, 4) is 0 Å². The van der Waals surface area contributed by atoms with Gasteiger partial charge in [-0.15, -0.1) is 0 Å². The summed E-state index contributed by atoms with van der Waals surface area (Å²) >= 11 is 0. The third-order valence-corrected chi connectivity index (χ3v) is 5.51. The van der Waals surface area contributed by atoms with Crippen LogP contribution >= 0.6 is 0 Å². The van der Waals surface area contributed by atoms with E-state index in [1.54, 1.807) is 13.0 Å². The van der Waals surface area contributed by atoms with E-state index in [9.17, 15) is 24.2 Å². The second-order valence-corrected chi connectivity index (χ2v) is 7.01. The van der Waals surface area contributed by atoms with E-state index < -0.39 is 23.3 Å². The van der Waals surface area contributed by atoms with Gasteiger partial charge in [0.05, 0.1) is 0 Å². The van der Waals surface area contributed by atoms with E-state index in [-0.39, 0.29) is 11.4 Å². The summed E-state index contributed by atoms with van der Waals surface area (Å²) in [6, 6.07) is 4.28. The smallest absolute Gasteiger partial charge is 0.331 e. The summed E-state index contributed by atoms with van der Waals surface area (Å²) < 4.78 is 14.4. The van der Waals surface area contributed by atoms with Crippen molar-refractivity contribution in [1.82, 2.24) is 10.2 Å². The Labute approximate surface area is 157 Å². The molecule has 0 saturated carbocycles. The fourth-order valence-electron chi connectivity index (χ4n) is 3.88. The molecule has 3 N–H and O–H groups in total. The Morgan fingerprint density at radius 1 is 1.30 bits per heavy atom. The van der Waals surface area contributed by atoms with Crippen LogP contribution in [0.25, 0.3) is 0 Å². The zero-order chi connectivity index (χ0) is 19.6. The molecule has 0 aromatic heterocycles. The molecule has 1 aliphatic carbocycles. The van der Waals surface area contributed by atoms with E-state index in [1.165, 1.54) is 30.4 Å². The number of carboxylic acid groups (broad SMARTS) is 2. The van der Waals surface area contributed by atoms with E-state index >= 15 is 0 Å². The Balaban J connectivity index is 2.01. The van der Waals surface area contributed by atoms with Crippen LogP contribution in [0.1, 0.15) is 18.1 Å². The van der Waals surface area contributed by atoms with Gasteiger partial charge in [-0.2, -0.15) is 0 Å². The highest BCUT2D eigenvalue weighted by molar-refractivity contribution is 5.93. The average Bonchev–Trinajstić information content (AvgIpc) is 2.64. The van der Waals surface area contributed by atoms with E-state index in [2.05, 4.69) is 10.2 Å². The molecule has 2 aliphatic rings. The number of rotatable bonds is 5. The van der Waals surface area contributed by atoms with Gasteiger partial charge in [0.25, 0.3) is 0 Å². The molecule has 0 bridgehead atoms. The number of carbonyl (C=O) groups is 2. The minimum atomic E-state index is -1.55. The molecule has 1 aromatic rings. The molecule has 27 heavy (non-hydrogen) atoms. The molecule has 6 nitrogen and oxygen atoms in total. The van der Waals surface area contributed by atoms with Gasteiger partial charge in [0.1, 0.15) is 11.2 Å². The van der Waals surface area contributed by atoms with Crippen molar-refractivity contribution < 1.29 is 24.2 Å². The second kappa shape index (κ2) is 7.62. The number of halogens is 1. The molecule has 1 aliphatic heterocycles. The summed E-state index contributed by atoms with van der Waals surface area (Å²) in [6.45, 7) is 5.19. The van der Waals surface area contributed by atoms with Gasteiger partial charge in [-0.1, -0.05) is 37.3 Å². The van der Waals surface area contributed by atoms with E-state index in [1.807, 2.05) is 0 Å². The summed E-state index contributed by atoms with van der Waals surface area (Å²) in [5.41, 5.74) is -0.721. The van der Waals surface area contributed by atoms with E-state index in [0.29, 0.717) is 17.7 Å². The Kier molecular flexibility index (Phi) is 5.43. The number of nitrogens with zero attached hydrogens (tertiary/aromatic N) is 1. The molecule has 0 radical (unpaired) electrons. The number of hydrogen-bond donors (Lipinski definition) is 3. The third-order valence-electron chi connectivity index (χ3n) is 5.51. The van der Waals surface area contributed by atoms with Crippen molar-refractivity contribution in [3.63, 3.8) is 0 Å². The standard InChI is InChI=1S/C20H23FN2O4/c1-13-16(18(24)25)3-2-6-20(13,19(26)27)15-4-5-17(21)14(11-15)12-23-9-7-22-8-10-23/h2-6,11,13,22H,7-10,12H2,1H3,(H,24,25)(H,26,27). The molecule has 1 saturated heterocycles. The lowest BCUT2D eigenvalue weighted by molar-refractivity contribution is -0.143. The lowest BCUT2D eigenvalue weighted by atomic mass is 9.65. The Hall–Kier alpha value is -2.51. The molecule has 1 fully saturated rings. The van der Waals surface area contributed by atoms with Gasteiger partial charge in [-0.05, 0) is 11.6 Å². The van der Waals surface area contributed by atoms with Gasteiger partial charge in [0.2, 0.25) is 0 Å². The summed E-state index contributed by atoms with van der Waals surface area (Å²) in [7, 11) is 0. The highest BCUT2D eigenvalue weighted by Crippen LogP contribution is 2.41. The van der Waals surface area contributed by atoms with Crippen LogP contribution in [0.2, 0.25) is 0 Å². The zero-order valence-corrected chi connectivity index (χ0v) is 15.1. The van der Waals surface area contributed by atoms with Gasteiger partial charge in [-0.25, -0.2) is 9.18 Å². The highest BCUT2D eigenvalue weighted by atomic mass is 19.1. The van der Waals surface area contributed by atoms with E-state index in [0.717, 1.165) is 26.2 Å². The van der Waals surface area contributed by atoms with Gasteiger partial charge in [-0.3, -0.25) is 9.69 Å². The molecule has 1 aromatic carbocycles. The van der Waals surface area contributed by atoms with Crippen molar-refractivity contribution >= 4 is 11.9 Å². The summed E-state index contributed by atoms with van der Waals surface area (Å²) in [6.07, 6.45) is 4.37. The number of hydrogen-bond acceptors (Lipinski definition) is 4. The molecule has 0 spiro atoms. The molecule has 144 valence electrons. The van der Waals surface area contributed by atoms with Gasteiger partial charge >= 0.3 is 11.9 Å². The average molecular weight is 374 g/mol. The number of piperazine rings is 1. The van der Waals surface area contributed by atoms with Crippen LogP contribution in [0.4, 0.5) is 4.39 Å². The first kappa shape index (κ1) is 19.3. The molecule has 0 amide bonds. The molecule has 2 atom stereocenters. The molecular weight excluding hydrogens is 351 g/mol. The van der Waals surface area contributed by atoms with Crippen molar-refractivity contribution in [2.75, 3.05) is 26.2 Å². The monoisotopic (exact) mass is 374 g/mol. The van der Waals surface area contributed by atoms with Gasteiger partial charge in [0, 0.05) is 49.8 Å². The Morgan fingerprint density at radius 3 is 2.63 bits per heavy atom. The number of nitrogens with one attached hydrogen (secondary N) is 1. The minimum Gasteiger partial charge on any atom is -0.480 e. The number of aliphatic carboxylic acids is 2. The van der Waals surface area contributed by atoms with Crippen molar-refractivity contribution in [2.45, 2.75) is 18.9 Å². The first-order valence-electron chi connectivity index (χ1n) is 8.94. The van der Waals surface area contributed by atoms with Crippen LogP contribution in [0.15, 0.2) is 42.0 Å². The van der Waals surface area contributed by atoms with Gasteiger partial charge in [0.15, 0.2) is 0 Å². The first-order chi connectivity index (χ1) is 12.9. The van der Waals surface area contributed by atoms with Gasteiger partial charge < -0.3 is 15.5 Å². The summed E-state index contributed by atoms with van der Waals surface area (Å²) in [4.78, 5) is 25.9. The first-order valence-corrected chi connectivity index (χ1v) is 8.94. The quantitative estimate of drug-likeness (QED) is 0.728. The minimum absolute atomic E-state index is 0.0212. The van der Waals surface area contributed by atoms with E-state index in [4.69, 9.17) is 0 Å². The second-order valence-electron chi connectivity index (χ2n) is 7.01. The van der Waals surface area contributed by atoms with Crippen LogP contribution in [0.3, 0.4) is 0 Å². The normalized spacial score (nSPS) is 25.9. The molecule has 2 unspecified atom stereocenters. The highest BCUT2D eigenvalue weighted by Gasteiger charge is 2.47. The lowest BCUT2D eigenvalue weighted by Gasteiger charge is -2.36. The Bertz CT molecular complexity index is 814. The van der Waals surface area contributed by atoms with Crippen LogP contribution < -0.4 is 5.32 Å². The summed E-state index contributed by atoms with van der Waals surface area (Å²) in [5, 5.41) is 22.7. The number of benzene rings is 1. The largest absolute Gasteiger partial charge is 0.480 e. The fraction of sp³-hybridized carbons (Fsp3) is 0.400. The van der Waals surface area contributed by atoms with Crippen LogP contribution in [0, 0.1) is 11.7 Å². The third kappa shape index (κ3) is 3.52. The number of carboxylic acids is 2. The maximum atomic E-state index is 14.4. The molecular formula is C20H23FN2O4. The SMILES string of the molecule is CC1C(C(=O)O)=CC=CC1(C(=O)O)c1ccc(F)c(CN2CCNCC2)c1. The molecule has 3 rings (SSSR count). The van der Waals surface area contributed by atoms with Crippen LogP contribution in [-0.2, 0) is 21.5 Å². The number of allylic oxidation sites excluding steroid dienone is 2. The predicted octanol–water partition coefficient (Wildman–Crippen LogP) is 1.77. The maximum absolute atomic E-state index is 14.4. The maximum Gasteiger partial charge on any atom is 0.331 e. The topological polar surface area (TPSA) is 89.9 Å². The Morgan fingerprint density at radius 2 is 2.00 bits per heavy atom. The zero-order valence-electron chi connectivity index (χ0n) is 15.1. The van der Waals surface area contributed by atoms with Crippen LogP contribution in [-0.4, -0.2) is 53.2 Å². The van der Waals surface area contributed by atoms with Crippen molar-refractivity contribution in [3.05, 3.63) is 58.9 Å². The fourth-order valence-corrected chi connectivity index (χ4v) is 3.88. The molecule has 1 heterocycles. The predicted molar refractivity (Wildman–Crippen MR) is 97.9 cm³/mol. The van der Waals surface area contributed by atoms with Crippen molar-refractivity contribution in [1.29, 1.82) is 0 Å². The van der Waals surface area contributed by atoms with Crippen LogP contribution in [0.5, 0.6) is 0 Å². The molecule has 7 heteroatoms. The van der Waals surface area contributed by atoms with Crippen molar-refractivity contribution in [2.24, 2.45) is 5.92 Å².